The summed E-state index contributed by atoms with van der Waals surface area (Å²) in [6.07, 6.45) is 5.77. The second kappa shape index (κ2) is 7.00. The summed E-state index contributed by atoms with van der Waals surface area (Å²) < 4.78 is 7.52. The fourth-order valence-electron chi connectivity index (χ4n) is 3.18. The molecule has 132 valence electrons. The first-order chi connectivity index (χ1) is 12.8. The quantitative estimate of drug-likeness (QED) is 0.778. The van der Waals surface area contributed by atoms with Crippen LogP contribution in [-0.2, 0) is 9.53 Å². The third-order valence-electron chi connectivity index (χ3n) is 4.49. The van der Waals surface area contributed by atoms with E-state index in [9.17, 15) is 4.79 Å². The molecule has 0 bridgehead atoms. The van der Waals surface area contributed by atoms with Gasteiger partial charge < -0.3 is 10.1 Å². The van der Waals surface area contributed by atoms with Gasteiger partial charge in [0, 0.05) is 6.42 Å². The van der Waals surface area contributed by atoms with Crippen LogP contribution in [0.1, 0.15) is 26.2 Å². The molecule has 6 nitrogen and oxygen atoms in total. The lowest BCUT2D eigenvalue weighted by atomic mass is 10.0. The Kier molecular flexibility index (Phi) is 4.39. The third-order valence-corrected chi connectivity index (χ3v) is 4.49. The Morgan fingerprint density at radius 1 is 1.23 bits per heavy atom. The number of nitrogens with one attached hydrogen (secondary N) is 1. The minimum absolute atomic E-state index is 0.107. The predicted molar refractivity (Wildman–Crippen MR) is 100.0 cm³/mol. The van der Waals surface area contributed by atoms with Crippen LogP contribution >= 0.6 is 0 Å². The van der Waals surface area contributed by atoms with Crippen molar-refractivity contribution in [2.24, 2.45) is 0 Å². The van der Waals surface area contributed by atoms with Gasteiger partial charge in [-0.15, -0.1) is 0 Å². The molecule has 1 N–H and O–H groups in total. The number of rotatable bonds is 4. The van der Waals surface area contributed by atoms with Crippen molar-refractivity contribution >= 4 is 22.6 Å². The molecule has 1 aromatic carbocycles. The van der Waals surface area contributed by atoms with Crippen molar-refractivity contribution in [1.29, 1.82) is 0 Å². The number of fused-ring (bicyclic) bond motifs is 1. The zero-order valence-electron chi connectivity index (χ0n) is 14.6. The van der Waals surface area contributed by atoms with Crippen molar-refractivity contribution in [3.05, 3.63) is 60.3 Å². The number of allylic oxidation sites excluding steroid dienone is 1. The van der Waals surface area contributed by atoms with Crippen molar-refractivity contribution in [1.82, 2.24) is 14.5 Å². The molecule has 1 aliphatic heterocycles. The Morgan fingerprint density at radius 2 is 2.12 bits per heavy atom. The molecule has 4 rings (SSSR count). The standard InChI is InChI=1S/C20H20N4O2/c1-2-18-15(6-5-11-26-18)20(25)23-14-9-10-19(21-12-14)24-13-22-16-7-3-4-8-17(16)24/h3-4,7-10,12-13H,2,5-6,11H2,1H3,(H,23,25). The molecule has 0 unspecified atom stereocenters. The molecule has 0 saturated heterocycles. The SMILES string of the molecule is CCC1=C(C(=O)Nc2ccc(-n3cnc4ccccc43)nc2)CCCO1. The molecule has 0 aliphatic carbocycles. The van der Waals surface area contributed by atoms with E-state index < -0.39 is 0 Å². The maximum Gasteiger partial charge on any atom is 0.255 e. The molecule has 3 heterocycles. The lowest BCUT2D eigenvalue weighted by Gasteiger charge is -2.20. The molecule has 3 aromatic rings. The lowest BCUT2D eigenvalue weighted by Crippen LogP contribution is -2.20. The zero-order chi connectivity index (χ0) is 17.9. The number of para-hydroxylation sites is 2. The number of amides is 1. The van der Waals surface area contributed by atoms with Gasteiger partial charge in [0.15, 0.2) is 0 Å². The van der Waals surface area contributed by atoms with Crippen molar-refractivity contribution in [3.63, 3.8) is 0 Å². The van der Waals surface area contributed by atoms with Gasteiger partial charge in [-0.3, -0.25) is 9.36 Å². The van der Waals surface area contributed by atoms with Crippen molar-refractivity contribution in [2.45, 2.75) is 26.2 Å². The highest BCUT2D eigenvalue weighted by Gasteiger charge is 2.19. The smallest absolute Gasteiger partial charge is 0.255 e. The molecule has 2 aromatic heterocycles. The molecule has 1 amide bonds. The van der Waals surface area contributed by atoms with Gasteiger partial charge in [-0.1, -0.05) is 19.1 Å². The summed E-state index contributed by atoms with van der Waals surface area (Å²) >= 11 is 0. The van der Waals surface area contributed by atoms with E-state index >= 15 is 0 Å². The monoisotopic (exact) mass is 348 g/mol. The fraction of sp³-hybridized carbons (Fsp3) is 0.250. The van der Waals surface area contributed by atoms with Crippen LogP contribution in [0.2, 0.25) is 0 Å². The Bertz CT molecular complexity index is 973. The molecule has 1 aliphatic rings. The first kappa shape index (κ1) is 16.3. The molecular weight excluding hydrogens is 328 g/mol. The number of anilines is 1. The number of benzene rings is 1. The minimum Gasteiger partial charge on any atom is -0.497 e. The second-order valence-corrected chi connectivity index (χ2v) is 6.17. The van der Waals surface area contributed by atoms with E-state index in [1.807, 2.05) is 47.9 Å². The van der Waals surface area contributed by atoms with E-state index in [4.69, 9.17) is 4.74 Å². The van der Waals surface area contributed by atoms with Crippen LogP contribution in [-0.4, -0.2) is 27.0 Å². The summed E-state index contributed by atoms with van der Waals surface area (Å²) in [5.74, 6) is 1.44. The van der Waals surface area contributed by atoms with Crippen LogP contribution in [0.4, 0.5) is 5.69 Å². The summed E-state index contributed by atoms with van der Waals surface area (Å²) in [6.45, 7) is 2.69. The van der Waals surface area contributed by atoms with Crippen LogP contribution in [0.5, 0.6) is 0 Å². The number of nitrogens with zero attached hydrogens (tertiary/aromatic N) is 3. The zero-order valence-corrected chi connectivity index (χ0v) is 14.6. The Labute approximate surface area is 151 Å². The second-order valence-electron chi connectivity index (χ2n) is 6.17. The van der Waals surface area contributed by atoms with Gasteiger partial charge in [0.05, 0.1) is 35.1 Å². The molecule has 0 atom stereocenters. The largest absolute Gasteiger partial charge is 0.497 e. The van der Waals surface area contributed by atoms with Crippen molar-refractivity contribution in [3.8, 4) is 5.82 Å². The predicted octanol–water partition coefficient (Wildman–Crippen LogP) is 3.83. The molecule has 26 heavy (non-hydrogen) atoms. The van der Waals surface area contributed by atoms with Crippen molar-refractivity contribution < 1.29 is 9.53 Å². The number of carbonyl (C=O) groups excluding carboxylic acids is 1. The van der Waals surface area contributed by atoms with E-state index in [0.29, 0.717) is 12.3 Å². The summed E-state index contributed by atoms with van der Waals surface area (Å²) in [5.41, 5.74) is 3.32. The Morgan fingerprint density at radius 3 is 2.92 bits per heavy atom. The van der Waals surface area contributed by atoms with Gasteiger partial charge in [0.25, 0.3) is 5.91 Å². The molecule has 0 fully saturated rings. The van der Waals surface area contributed by atoms with Crippen molar-refractivity contribution in [2.75, 3.05) is 11.9 Å². The summed E-state index contributed by atoms with van der Waals surface area (Å²) in [6, 6.07) is 11.6. The van der Waals surface area contributed by atoms with Crippen LogP contribution < -0.4 is 5.32 Å². The highest BCUT2D eigenvalue weighted by atomic mass is 16.5. The van der Waals surface area contributed by atoms with Gasteiger partial charge in [0.1, 0.15) is 17.9 Å². The highest BCUT2D eigenvalue weighted by molar-refractivity contribution is 6.04. The summed E-state index contributed by atoms with van der Waals surface area (Å²) in [4.78, 5) is 21.4. The number of pyridine rings is 1. The van der Waals surface area contributed by atoms with Gasteiger partial charge in [0.2, 0.25) is 0 Å². The Hall–Kier alpha value is -3.15. The first-order valence-corrected chi connectivity index (χ1v) is 8.81. The van der Waals surface area contributed by atoms with Crippen LogP contribution in [0, 0.1) is 0 Å². The van der Waals surface area contributed by atoms with Gasteiger partial charge in [-0.25, -0.2) is 9.97 Å². The van der Waals surface area contributed by atoms with Gasteiger partial charge in [-0.2, -0.15) is 0 Å². The maximum absolute atomic E-state index is 12.5. The fourth-order valence-corrected chi connectivity index (χ4v) is 3.18. The number of hydrogen-bond acceptors (Lipinski definition) is 4. The van der Waals surface area contributed by atoms with Crippen LogP contribution in [0.25, 0.3) is 16.9 Å². The maximum atomic E-state index is 12.5. The average molecular weight is 348 g/mol. The number of ether oxygens (including phenoxy) is 1. The van der Waals surface area contributed by atoms with E-state index in [1.54, 1.807) is 12.5 Å². The molecular formula is C20H20N4O2. The van der Waals surface area contributed by atoms with Gasteiger partial charge in [-0.05, 0) is 37.1 Å². The first-order valence-electron chi connectivity index (χ1n) is 8.81. The molecule has 6 heteroatoms. The minimum atomic E-state index is -0.107. The number of hydrogen-bond donors (Lipinski definition) is 1. The molecule has 0 saturated carbocycles. The van der Waals surface area contributed by atoms with E-state index in [0.717, 1.165) is 47.4 Å². The van der Waals surface area contributed by atoms with Crippen LogP contribution in [0.15, 0.2) is 60.3 Å². The lowest BCUT2D eigenvalue weighted by molar-refractivity contribution is -0.113. The molecule has 0 radical (unpaired) electrons. The van der Waals surface area contributed by atoms with Crippen LogP contribution in [0.3, 0.4) is 0 Å². The summed E-state index contributed by atoms with van der Waals surface area (Å²) in [5, 5.41) is 2.92. The van der Waals surface area contributed by atoms with Gasteiger partial charge >= 0.3 is 0 Å². The number of aromatic nitrogens is 3. The van der Waals surface area contributed by atoms with E-state index in [-0.39, 0.29) is 5.91 Å². The average Bonchev–Trinajstić information content (AvgIpc) is 3.12. The normalized spacial score (nSPS) is 14.3. The number of carbonyl (C=O) groups is 1. The van der Waals surface area contributed by atoms with E-state index in [1.165, 1.54) is 0 Å². The van der Waals surface area contributed by atoms with E-state index in [2.05, 4.69) is 15.3 Å². The topological polar surface area (TPSA) is 69.0 Å². The third kappa shape index (κ3) is 3.06. The molecule has 0 spiro atoms. The summed E-state index contributed by atoms with van der Waals surface area (Å²) in [7, 11) is 0. The Balaban J connectivity index is 1.55. The number of imidazole rings is 1. The highest BCUT2D eigenvalue weighted by Crippen LogP contribution is 2.23.